The first kappa shape index (κ1) is 12.4. The Morgan fingerprint density at radius 2 is 2.08 bits per heavy atom. The van der Waals surface area contributed by atoms with Crippen LogP contribution in [0.15, 0.2) is 0 Å². The van der Waals surface area contributed by atoms with E-state index in [-0.39, 0.29) is 24.1 Å². The van der Waals surface area contributed by atoms with Crippen molar-refractivity contribution < 1.29 is 14.3 Å². The highest BCUT2D eigenvalue weighted by Gasteiger charge is 2.11. The van der Waals surface area contributed by atoms with Crippen LogP contribution in [0, 0.1) is 0 Å². The van der Waals surface area contributed by atoms with E-state index in [1.54, 1.807) is 7.11 Å². The van der Waals surface area contributed by atoms with Crippen LogP contribution in [0.3, 0.4) is 0 Å². The maximum Gasteiger partial charge on any atom is 0.219 e. The molecule has 0 heterocycles. The number of alkyl halides is 1. The zero-order valence-electron chi connectivity index (χ0n) is 7.88. The lowest BCUT2D eigenvalue weighted by Gasteiger charge is -2.18. The molecule has 0 spiro atoms. The van der Waals surface area contributed by atoms with Gasteiger partial charge in [-0.3, -0.25) is 9.59 Å². The Morgan fingerprint density at radius 3 is 2.46 bits per heavy atom. The minimum Gasteiger partial charge on any atom is -0.383 e. The summed E-state index contributed by atoms with van der Waals surface area (Å²) in [6.45, 7) is 2.34. The Labute approximate surface area is 82.8 Å². The minimum atomic E-state index is -0.159. The number of hydrogen-bond acceptors (Lipinski definition) is 3. The summed E-state index contributed by atoms with van der Waals surface area (Å²) in [4.78, 5) is 23.3. The summed E-state index contributed by atoms with van der Waals surface area (Å²) in [6, 6.07) is 0. The second-order valence-electron chi connectivity index (χ2n) is 2.61. The number of Topliss-reactive ketones (excluding diaryl/α,β-unsaturated/α-hetero) is 1. The number of methoxy groups -OCH3 is 1. The van der Waals surface area contributed by atoms with Crippen molar-refractivity contribution in [2.24, 2.45) is 0 Å². The second-order valence-corrected chi connectivity index (χ2v) is 2.87. The first-order chi connectivity index (χ1) is 6.11. The van der Waals surface area contributed by atoms with Gasteiger partial charge < -0.3 is 9.64 Å². The van der Waals surface area contributed by atoms with Crippen LogP contribution in [0.4, 0.5) is 0 Å². The summed E-state index contributed by atoms with van der Waals surface area (Å²) >= 11 is 5.32. The molecule has 0 aliphatic rings. The number of ketones is 1. The number of rotatable bonds is 6. The standard InChI is InChI=1S/C8H14ClNO3/c1-7(11)10(3-4-13-2)6-8(12)5-9/h3-6H2,1-2H3. The van der Waals surface area contributed by atoms with E-state index in [4.69, 9.17) is 16.3 Å². The Balaban J connectivity index is 3.94. The predicted molar refractivity (Wildman–Crippen MR) is 49.9 cm³/mol. The fraction of sp³-hybridized carbons (Fsp3) is 0.750. The average Bonchev–Trinajstić information content (AvgIpc) is 2.11. The predicted octanol–water partition coefficient (Wildman–Crippen LogP) is 0.289. The van der Waals surface area contributed by atoms with Crippen LogP contribution in [-0.2, 0) is 14.3 Å². The third kappa shape index (κ3) is 5.60. The number of halogens is 1. The lowest BCUT2D eigenvalue weighted by Crippen LogP contribution is -2.36. The van der Waals surface area contributed by atoms with Crippen molar-refractivity contribution >= 4 is 23.3 Å². The van der Waals surface area contributed by atoms with E-state index in [1.807, 2.05) is 0 Å². The quantitative estimate of drug-likeness (QED) is 0.589. The van der Waals surface area contributed by atoms with Gasteiger partial charge in [-0.15, -0.1) is 11.6 Å². The molecule has 13 heavy (non-hydrogen) atoms. The van der Waals surface area contributed by atoms with Crippen LogP contribution >= 0.6 is 11.6 Å². The molecule has 0 saturated heterocycles. The molecule has 0 aromatic heterocycles. The van der Waals surface area contributed by atoms with E-state index >= 15 is 0 Å². The number of ether oxygens (including phenoxy) is 1. The monoisotopic (exact) mass is 207 g/mol. The largest absolute Gasteiger partial charge is 0.383 e. The number of hydrogen-bond donors (Lipinski definition) is 0. The van der Waals surface area contributed by atoms with Gasteiger partial charge in [0.25, 0.3) is 0 Å². The number of carbonyl (C=O) groups is 2. The molecule has 76 valence electrons. The van der Waals surface area contributed by atoms with Gasteiger partial charge in [0.15, 0.2) is 5.78 Å². The molecule has 0 aromatic rings. The molecule has 0 unspecified atom stereocenters. The second kappa shape index (κ2) is 6.86. The molecular weight excluding hydrogens is 194 g/mol. The summed E-state index contributed by atoms with van der Waals surface area (Å²) in [7, 11) is 1.54. The van der Waals surface area contributed by atoms with Gasteiger partial charge in [0, 0.05) is 20.6 Å². The van der Waals surface area contributed by atoms with Gasteiger partial charge in [-0.1, -0.05) is 0 Å². The van der Waals surface area contributed by atoms with Gasteiger partial charge in [0.05, 0.1) is 19.0 Å². The molecule has 0 N–H and O–H groups in total. The van der Waals surface area contributed by atoms with E-state index in [2.05, 4.69) is 0 Å². The molecule has 0 fully saturated rings. The Bertz CT molecular complexity index is 184. The lowest BCUT2D eigenvalue weighted by molar-refractivity contribution is -0.133. The average molecular weight is 208 g/mol. The van der Waals surface area contributed by atoms with Crippen LogP contribution in [-0.4, -0.2) is 49.3 Å². The summed E-state index contributed by atoms with van der Waals surface area (Å²) in [6.07, 6.45) is 0. The molecule has 0 saturated carbocycles. The Morgan fingerprint density at radius 1 is 1.46 bits per heavy atom. The van der Waals surface area contributed by atoms with Gasteiger partial charge in [-0.05, 0) is 0 Å². The molecule has 0 aliphatic heterocycles. The van der Waals surface area contributed by atoms with Crippen molar-refractivity contribution in [3.63, 3.8) is 0 Å². The molecular formula is C8H14ClNO3. The summed E-state index contributed by atoms with van der Waals surface area (Å²) < 4.78 is 4.80. The van der Waals surface area contributed by atoms with Crippen molar-refractivity contribution in [1.29, 1.82) is 0 Å². The molecule has 0 atom stereocenters. The van der Waals surface area contributed by atoms with Gasteiger partial charge in [-0.25, -0.2) is 0 Å². The fourth-order valence-electron chi connectivity index (χ4n) is 0.804. The highest BCUT2D eigenvalue weighted by atomic mass is 35.5. The van der Waals surface area contributed by atoms with E-state index in [9.17, 15) is 9.59 Å². The van der Waals surface area contributed by atoms with Gasteiger partial charge in [-0.2, -0.15) is 0 Å². The summed E-state index contributed by atoms with van der Waals surface area (Å²) in [5.74, 6) is -0.361. The zero-order valence-corrected chi connectivity index (χ0v) is 8.63. The number of carbonyl (C=O) groups excluding carboxylic acids is 2. The zero-order chi connectivity index (χ0) is 10.3. The van der Waals surface area contributed by atoms with E-state index in [1.165, 1.54) is 11.8 Å². The highest BCUT2D eigenvalue weighted by Crippen LogP contribution is 1.92. The first-order valence-electron chi connectivity index (χ1n) is 3.94. The SMILES string of the molecule is COCCN(CC(=O)CCl)C(C)=O. The third-order valence-electron chi connectivity index (χ3n) is 1.53. The first-order valence-corrected chi connectivity index (χ1v) is 4.47. The fourth-order valence-corrected chi connectivity index (χ4v) is 0.889. The van der Waals surface area contributed by atoms with Gasteiger partial charge in [0.2, 0.25) is 5.91 Å². The molecule has 0 rings (SSSR count). The minimum absolute atomic E-state index is 0.0588. The molecule has 0 aliphatic carbocycles. The van der Waals surface area contributed by atoms with Crippen LogP contribution in [0.2, 0.25) is 0 Å². The maximum atomic E-state index is 11.0. The van der Waals surface area contributed by atoms with Crippen molar-refractivity contribution in [3.8, 4) is 0 Å². The normalized spacial score (nSPS) is 9.77. The molecule has 0 aromatic carbocycles. The topological polar surface area (TPSA) is 46.6 Å². The Hall–Kier alpha value is -0.610. The van der Waals surface area contributed by atoms with Crippen molar-refractivity contribution in [1.82, 2.24) is 4.90 Å². The molecule has 1 amide bonds. The van der Waals surface area contributed by atoms with E-state index in [0.717, 1.165) is 0 Å². The smallest absolute Gasteiger partial charge is 0.219 e. The summed E-state index contributed by atoms with van der Waals surface area (Å²) in [5.41, 5.74) is 0. The molecule has 0 radical (unpaired) electrons. The highest BCUT2D eigenvalue weighted by molar-refractivity contribution is 6.28. The van der Waals surface area contributed by atoms with Crippen molar-refractivity contribution in [2.45, 2.75) is 6.92 Å². The molecule has 4 nitrogen and oxygen atoms in total. The van der Waals surface area contributed by atoms with E-state index in [0.29, 0.717) is 13.2 Å². The van der Waals surface area contributed by atoms with Crippen molar-refractivity contribution in [3.05, 3.63) is 0 Å². The number of nitrogens with zero attached hydrogens (tertiary/aromatic N) is 1. The van der Waals surface area contributed by atoms with Crippen LogP contribution < -0.4 is 0 Å². The van der Waals surface area contributed by atoms with Crippen molar-refractivity contribution in [2.75, 3.05) is 32.7 Å². The van der Waals surface area contributed by atoms with Crippen LogP contribution in [0.25, 0.3) is 0 Å². The maximum absolute atomic E-state index is 11.0. The van der Waals surface area contributed by atoms with Gasteiger partial charge in [0.1, 0.15) is 0 Å². The van der Waals surface area contributed by atoms with Crippen LogP contribution in [0.1, 0.15) is 6.92 Å². The summed E-state index contributed by atoms with van der Waals surface area (Å²) in [5, 5.41) is 0. The van der Waals surface area contributed by atoms with Gasteiger partial charge >= 0.3 is 0 Å². The van der Waals surface area contributed by atoms with Crippen LogP contribution in [0.5, 0.6) is 0 Å². The third-order valence-corrected chi connectivity index (χ3v) is 1.83. The Kier molecular flexibility index (Phi) is 6.54. The lowest BCUT2D eigenvalue weighted by atomic mass is 10.3. The number of amides is 1. The molecule has 5 heteroatoms. The molecule has 0 bridgehead atoms. The van der Waals surface area contributed by atoms with E-state index < -0.39 is 0 Å².